The van der Waals surface area contributed by atoms with Crippen molar-refractivity contribution >= 4 is 12.0 Å². The number of carbonyl (C=O) groups is 1. The molecule has 0 saturated carbocycles. The Morgan fingerprint density at radius 2 is 2.16 bits per heavy atom. The summed E-state index contributed by atoms with van der Waals surface area (Å²) < 4.78 is 10.8. The van der Waals surface area contributed by atoms with Crippen molar-refractivity contribution in [1.82, 2.24) is 0 Å². The van der Waals surface area contributed by atoms with Gasteiger partial charge < -0.3 is 19.2 Å². The van der Waals surface area contributed by atoms with E-state index in [9.17, 15) is 4.79 Å². The molecule has 0 spiro atoms. The molecule has 1 aliphatic rings. The lowest BCUT2D eigenvalue weighted by Crippen LogP contribution is -2.36. The third kappa shape index (κ3) is 3.26. The summed E-state index contributed by atoms with van der Waals surface area (Å²) >= 11 is 0. The van der Waals surface area contributed by atoms with E-state index in [-0.39, 0.29) is 5.92 Å². The normalized spacial score (nSPS) is 17.1. The van der Waals surface area contributed by atoms with Crippen LogP contribution in [0.3, 0.4) is 0 Å². The van der Waals surface area contributed by atoms with Crippen molar-refractivity contribution in [1.29, 1.82) is 0 Å². The van der Waals surface area contributed by atoms with E-state index in [1.807, 2.05) is 6.07 Å². The van der Waals surface area contributed by atoms with Gasteiger partial charge in [0, 0.05) is 25.2 Å². The lowest BCUT2D eigenvalue weighted by molar-refractivity contribution is -0.108. The van der Waals surface area contributed by atoms with E-state index in [1.165, 1.54) is 5.69 Å². The van der Waals surface area contributed by atoms with Gasteiger partial charge in [-0.2, -0.15) is 0 Å². The second-order valence-corrected chi connectivity index (χ2v) is 4.83. The maximum absolute atomic E-state index is 10.7. The van der Waals surface area contributed by atoms with E-state index in [2.05, 4.69) is 24.0 Å². The maximum Gasteiger partial charge on any atom is 0.122 e. The monoisotopic (exact) mass is 263 g/mol. The van der Waals surface area contributed by atoms with Gasteiger partial charge in [0.05, 0.1) is 20.3 Å². The Labute approximate surface area is 114 Å². The van der Waals surface area contributed by atoms with Gasteiger partial charge in [0.15, 0.2) is 0 Å². The highest BCUT2D eigenvalue weighted by molar-refractivity contribution is 5.57. The van der Waals surface area contributed by atoms with Gasteiger partial charge in [0.25, 0.3) is 0 Å². The molecule has 19 heavy (non-hydrogen) atoms. The average molecular weight is 263 g/mol. The fourth-order valence-corrected chi connectivity index (χ4v) is 2.40. The lowest BCUT2D eigenvalue weighted by atomic mass is 9.96. The molecule has 2 rings (SSSR count). The third-order valence-corrected chi connectivity index (χ3v) is 3.57. The van der Waals surface area contributed by atoms with Crippen LogP contribution in [0.25, 0.3) is 0 Å². The molecule has 1 aliphatic heterocycles. The Hall–Kier alpha value is -1.55. The molecule has 1 aromatic carbocycles. The summed E-state index contributed by atoms with van der Waals surface area (Å²) in [4.78, 5) is 13.0. The van der Waals surface area contributed by atoms with Gasteiger partial charge in [-0.1, -0.05) is 6.92 Å². The quantitative estimate of drug-likeness (QED) is 0.764. The highest BCUT2D eigenvalue weighted by Crippen LogP contribution is 2.32. The molecule has 0 radical (unpaired) electrons. The number of morpholine rings is 1. The van der Waals surface area contributed by atoms with Crippen LogP contribution in [0, 0.1) is 0 Å². The molecular weight excluding hydrogens is 242 g/mol. The van der Waals surface area contributed by atoms with E-state index >= 15 is 0 Å². The first-order chi connectivity index (χ1) is 9.26. The van der Waals surface area contributed by atoms with Crippen molar-refractivity contribution in [2.24, 2.45) is 0 Å². The Kier molecular flexibility index (Phi) is 4.80. The first-order valence-corrected chi connectivity index (χ1v) is 6.70. The van der Waals surface area contributed by atoms with Gasteiger partial charge in [-0.15, -0.1) is 0 Å². The average Bonchev–Trinajstić information content (AvgIpc) is 2.47. The maximum atomic E-state index is 10.7. The Bertz CT molecular complexity index is 427. The molecule has 1 unspecified atom stereocenters. The standard InChI is InChI=1S/C15H21NO3/c1-12(5-8-17)14-11-13(3-4-15(14)18-2)16-6-9-19-10-7-16/h3-4,8,11-12H,5-7,9-10H2,1-2H3. The highest BCUT2D eigenvalue weighted by atomic mass is 16.5. The smallest absolute Gasteiger partial charge is 0.122 e. The number of aldehydes is 1. The van der Waals surface area contributed by atoms with E-state index in [4.69, 9.17) is 9.47 Å². The van der Waals surface area contributed by atoms with E-state index in [0.717, 1.165) is 43.9 Å². The molecule has 0 N–H and O–H groups in total. The number of ether oxygens (including phenoxy) is 2. The van der Waals surface area contributed by atoms with Crippen molar-refractivity contribution in [2.75, 3.05) is 38.3 Å². The van der Waals surface area contributed by atoms with Crippen LogP contribution in [0.15, 0.2) is 18.2 Å². The summed E-state index contributed by atoms with van der Waals surface area (Å²) in [6.45, 7) is 5.41. The highest BCUT2D eigenvalue weighted by Gasteiger charge is 2.16. The van der Waals surface area contributed by atoms with Gasteiger partial charge >= 0.3 is 0 Å². The molecule has 1 saturated heterocycles. The molecule has 1 aromatic rings. The number of anilines is 1. The van der Waals surface area contributed by atoms with Crippen LogP contribution in [0.4, 0.5) is 5.69 Å². The molecule has 0 aliphatic carbocycles. The van der Waals surface area contributed by atoms with Crippen molar-refractivity contribution < 1.29 is 14.3 Å². The Morgan fingerprint density at radius 1 is 1.42 bits per heavy atom. The lowest BCUT2D eigenvalue weighted by Gasteiger charge is -2.30. The number of nitrogens with zero attached hydrogens (tertiary/aromatic N) is 1. The predicted molar refractivity (Wildman–Crippen MR) is 75.1 cm³/mol. The number of hydrogen-bond donors (Lipinski definition) is 0. The Balaban J connectivity index is 2.26. The fraction of sp³-hybridized carbons (Fsp3) is 0.533. The predicted octanol–water partition coefficient (Wildman–Crippen LogP) is 2.22. The van der Waals surface area contributed by atoms with Crippen LogP contribution in [-0.2, 0) is 9.53 Å². The number of rotatable bonds is 5. The molecule has 4 heteroatoms. The number of carbonyl (C=O) groups excluding carboxylic acids is 1. The molecule has 1 fully saturated rings. The second-order valence-electron chi connectivity index (χ2n) is 4.83. The van der Waals surface area contributed by atoms with Crippen molar-refractivity contribution in [3.05, 3.63) is 23.8 Å². The summed E-state index contributed by atoms with van der Waals surface area (Å²) in [5.41, 5.74) is 2.27. The first kappa shape index (κ1) is 13.9. The van der Waals surface area contributed by atoms with Gasteiger partial charge in [-0.3, -0.25) is 0 Å². The number of benzene rings is 1. The first-order valence-electron chi connectivity index (χ1n) is 6.70. The molecule has 0 bridgehead atoms. The molecule has 1 atom stereocenters. The van der Waals surface area contributed by atoms with Crippen LogP contribution in [-0.4, -0.2) is 39.7 Å². The molecule has 0 amide bonds. The van der Waals surface area contributed by atoms with Gasteiger partial charge in [-0.25, -0.2) is 0 Å². The van der Waals surface area contributed by atoms with Gasteiger partial charge in [-0.05, 0) is 29.7 Å². The zero-order valence-corrected chi connectivity index (χ0v) is 11.6. The minimum absolute atomic E-state index is 0.174. The second kappa shape index (κ2) is 6.57. The zero-order valence-electron chi connectivity index (χ0n) is 11.6. The van der Waals surface area contributed by atoms with Gasteiger partial charge in [0.2, 0.25) is 0 Å². The number of methoxy groups -OCH3 is 1. The minimum atomic E-state index is 0.174. The van der Waals surface area contributed by atoms with Crippen LogP contribution >= 0.6 is 0 Å². The summed E-state index contributed by atoms with van der Waals surface area (Å²) in [5.74, 6) is 1.03. The molecule has 0 aromatic heterocycles. The fourth-order valence-electron chi connectivity index (χ4n) is 2.40. The van der Waals surface area contributed by atoms with Gasteiger partial charge in [0.1, 0.15) is 12.0 Å². The topological polar surface area (TPSA) is 38.8 Å². The number of hydrogen-bond acceptors (Lipinski definition) is 4. The van der Waals surface area contributed by atoms with E-state index in [1.54, 1.807) is 7.11 Å². The van der Waals surface area contributed by atoms with Crippen molar-refractivity contribution in [3.8, 4) is 5.75 Å². The Morgan fingerprint density at radius 3 is 2.79 bits per heavy atom. The zero-order chi connectivity index (χ0) is 13.7. The van der Waals surface area contributed by atoms with Crippen LogP contribution < -0.4 is 9.64 Å². The molecule has 4 nitrogen and oxygen atoms in total. The molecular formula is C15H21NO3. The van der Waals surface area contributed by atoms with E-state index < -0.39 is 0 Å². The van der Waals surface area contributed by atoms with Crippen molar-refractivity contribution in [3.63, 3.8) is 0 Å². The molecule has 1 heterocycles. The van der Waals surface area contributed by atoms with Crippen LogP contribution in [0.2, 0.25) is 0 Å². The summed E-state index contributed by atoms with van der Waals surface area (Å²) in [7, 11) is 1.67. The van der Waals surface area contributed by atoms with Crippen LogP contribution in [0.1, 0.15) is 24.8 Å². The summed E-state index contributed by atoms with van der Waals surface area (Å²) in [6, 6.07) is 6.20. The summed E-state index contributed by atoms with van der Waals surface area (Å²) in [5, 5.41) is 0. The largest absolute Gasteiger partial charge is 0.496 e. The molecule has 104 valence electrons. The SMILES string of the molecule is COc1ccc(N2CCOCC2)cc1C(C)CC=O. The minimum Gasteiger partial charge on any atom is -0.496 e. The third-order valence-electron chi connectivity index (χ3n) is 3.57. The van der Waals surface area contributed by atoms with Crippen molar-refractivity contribution in [2.45, 2.75) is 19.3 Å². The van der Waals surface area contributed by atoms with E-state index in [0.29, 0.717) is 6.42 Å². The van der Waals surface area contributed by atoms with Crippen LogP contribution in [0.5, 0.6) is 5.75 Å². The summed E-state index contributed by atoms with van der Waals surface area (Å²) in [6.07, 6.45) is 1.48.